The summed E-state index contributed by atoms with van der Waals surface area (Å²) in [5.41, 5.74) is 1.59. The summed E-state index contributed by atoms with van der Waals surface area (Å²) in [6, 6.07) is 23.2. The van der Waals surface area contributed by atoms with Crippen LogP contribution in [0.3, 0.4) is 0 Å². The predicted molar refractivity (Wildman–Crippen MR) is 126 cm³/mol. The van der Waals surface area contributed by atoms with E-state index in [0.717, 1.165) is 14.5 Å². The van der Waals surface area contributed by atoms with Gasteiger partial charge in [-0.2, -0.15) is 4.31 Å². The molecule has 0 aliphatic heterocycles. The number of halogens is 2. The number of carbonyl (C=O) groups excluding carboxylic acids is 1. The Morgan fingerprint density at radius 3 is 2.17 bits per heavy atom. The lowest BCUT2D eigenvalue weighted by atomic mass is 10.1. The minimum absolute atomic E-state index is 0.146. The van der Waals surface area contributed by atoms with E-state index in [0.29, 0.717) is 12.1 Å². The van der Waals surface area contributed by atoms with Gasteiger partial charge >= 0.3 is 0 Å². The Hall–Kier alpha value is -2.00. The van der Waals surface area contributed by atoms with Crippen molar-refractivity contribution < 1.29 is 13.2 Å². The Bertz CT molecular complexity index is 1100. The van der Waals surface area contributed by atoms with E-state index in [2.05, 4.69) is 37.2 Å². The number of sulfonamides is 1. The van der Waals surface area contributed by atoms with Crippen LogP contribution < -0.4 is 5.32 Å². The van der Waals surface area contributed by atoms with Crippen LogP contribution in [0.4, 0.5) is 5.69 Å². The van der Waals surface area contributed by atoms with E-state index >= 15 is 0 Å². The van der Waals surface area contributed by atoms with E-state index in [-0.39, 0.29) is 18.0 Å². The minimum atomic E-state index is -3.85. The molecule has 0 heterocycles. The number of nitrogens with one attached hydrogen (secondary N) is 1. The molecule has 0 bridgehead atoms. The van der Waals surface area contributed by atoms with Crippen LogP contribution in [0.5, 0.6) is 0 Å². The average molecular weight is 552 g/mol. The first-order valence-electron chi connectivity index (χ1n) is 9.20. The number of para-hydroxylation sites is 1. The van der Waals surface area contributed by atoms with Gasteiger partial charge in [-0.1, -0.05) is 58.4 Å². The third-order valence-corrected chi connectivity index (χ3v) is 7.49. The molecule has 0 fully saturated rings. The molecule has 1 N–H and O–H groups in total. The number of hydrogen-bond acceptors (Lipinski definition) is 3. The van der Waals surface area contributed by atoms with Gasteiger partial charge in [0.25, 0.3) is 0 Å². The summed E-state index contributed by atoms with van der Waals surface area (Å²) < 4.78 is 29.2. The van der Waals surface area contributed by atoms with Crippen LogP contribution in [0, 0.1) is 0 Å². The van der Waals surface area contributed by atoms with Gasteiger partial charge < -0.3 is 5.32 Å². The molecule has 30 heavy (non-hydrogen) atoms. The van der Waals surface area contributed by atoms with Crippen molar-refractivity contribution in [3.8, 4) is 0 Å². The smallest absolute Gasteiger partial charge is 0.243 e. The third-order valence-electron chi connectivity index (χ3n) is 4.41. The first-order chi connectivity index (χ1) is 14.4. The third kappa shape index (κ3) is 6.01. The van der Waals surface area contributed by atoms with Gasteiger partial charge in [-0.05, 0) is 64.3 Å². The van der Waals surface area contributed by atoms with Crippen molar-refractivity contribution in [2.75, 3.05) is 18.4 Å². The minimum Gasteiger partial charge on any atom is -0.324 e. The Morgan fingerprint density at radius 2 is 1.50 bits per heavy atom. The van der Waals surface area contributed by atoms with Gasteiger partial charge in [0.2, 0.25) is 15.9 Å². The molecular weight excluding hydrogens is 532 g/mol. The second kappa shape index (κ2) is 10.3. The fourth-order valence-electron chi connectivity index (χ4n) is 2.85. The van der Waals surface area contributed by atoms with Gasteiger partial charge in [0.15, 0.2) is 0 Å². The largest absolute Gasteiger partial charge is 0.324 e. The van der Waals surface area contributed by atoms with E-state index in [9.17, 15) is 13.2 Å². The first-order valence-corrected chi connectivity index (χ1v) is 12.2. The number of carbonyl (C=O) groups is 1. The molecular formula is C22H20Br2N2O3S. The number of rotatable bonds is 8. The maximum Gasteiger partial charge on any atom is 0.243 e. The van der Waals surface area contributed by atoms with Crippen molar-refractivity contribution in [3.05, 3.63) is 93.4 Å². The van der Waals surface area contributed by atoms with Crippen molar-refractivity contribution in [1.29, 1.82) is 0 Å². The van der Waals surface area contributed by atoms with E-state index in [4.69, 9.17) is 0 Å². The van der Waals surface area contributed by atoms with Gasteiger partial charge in [-0.3, -0.25) is 4.79 Å². The van der Waals surface area contributed by atoms with Gasteiger partial charge in [0.1, 0.15) is 0 Å². The summed E-state index contributed by atoms with van der Waals surface area (Å²) in [4.78, 5) is 12.8. The molecule has 0 spiro atoms. The highest BCUT2D eigenvalue weighted by molar-refractivity contribution is 9.10. The molecule has 0 saturated heterocycles. The van der Waals surface area contributed by atoms with E-state index in [1.54, 1.807) is 30.3 Å². The zero-order chi connectivity index (χ0) is 21.6. The zero-order valence-corrected chi connectivity index (χ0v) is 20.0. The second-order valence-corrected chi connectivity index (χ2v) is 10.3. The molecule has 1 amide bonds. The Morgan fingerprint density at radius 1 is 0.867 bits per heavy atom. The molecule has 0 aliphatic rings. The van der Waals surface area contributed by atoms with Gasteiger partial charge in [-0.25, -0.2) is 8.42 Å². The van der Waals surface area contributed by atoms with Gasteiger partial charge in [-0.15, -0.1) is 0 Å². The molecule has 0 aromatic heterocycles. The molecule has 3 aromatic rings. The van der Waals surface area contributed by atoms with E-state index < -0.39 is 15.9 Å². The van der Waals surface area contributed by atoms with Crippen LogP contribution in [0.1, 0.15) is 5.56 Å². The number of amides is 1. The first kappa shape index (κ1) is 22.7. The lowest BCUT2D eigenvalue weighted by Crippen LogP contribution is -2.39. The molecule has 0 radical (unpaired) electrons. The SMILES string of the molecule is O=C(CN(CCc1ccccc1)S(=O)(=O)c1ccc(Br)cc1)Nc1ccccc1Br. The number of anilines is 1. The molecule has 3 rings (SSSR count). The monoisotopic (exact) mass is 550 g/mol. The second-order valence-electron chi connectivity index (χ2n) is 6.56. The lowest BCUT2D eigenvalue weighted by molar-refractivity contribution is -0.116. The Balaban J connectivity index is 1.82. The summed E-state index contributed by atoms with van der Waals surface area (Å²) in [5.74, 6) is -0.407. The normalized spacial score (nSPS) is 11.4. The Labute approximate surface area is 193 Å². The van der Waals surface area contributed by atoms with Crippen molar-refractivity contribution in [2.45, 2.75) is 11.3 Å². The summed E-state index contributed by atoms with van der Waals surface area (Å²) >= 11 is 6.70. The highest BCUT2D eigenvalue weighted by Gasteiger charge is 2.26. The highest BCUT2D eigenvalue weighted by atomic mass is 79.9. The predicted octanol–water partition coefficient (Wildman–Crippen LogP) is 5.08. The number of benzene rings is 3. The van der Waals surface area contributed by atoms with Crippen LogP contribution in [-0.2, 0) is 21.2 Å². The summed E-state index contributed by atoms with van der Waals surface area (Å²) in [5, 5.41) is 2.77. The van der Waals surface area contributed by atoms with Crippen molar-refractivity contribution in [2.24, 2.45) is 0 Å². The molecule has 0 aliphatic carbocycles. The molecule has 0 atom stereocenters. The van der Waals surface area contributed by atoms with Crippen molar-refractivity contribution in [1.82, 2.24) is 4.31 Å². The van der Waals surface area contributed by atoms with Gasteiger partial charge in [0.05, 0.1) is 17.1 Å². The molecule has 3 aromatic carbocycles. The topological polar surface area (TPSA) is 66.5 Å². The number of hydrogen-bond donors (Lipinski definition) is 1. The number of nitrogens with zero attached hydrogens (tertiary/aromatic N) is 1. The van der Waals surface area contributed by atoms with Crippen LogP contribution in [0.15, 0.2) is 92.7 Å². The maximum atomic E-state index is 13.2. The van der Waals surface area contributed by atoms with E-state index in [1.165, 1.54) is 16.4 Å². The maximum absolute atomic E-state index is 13.2. The summed E-state index contributed by atoms with van der Waals surface area (Å²) in [7, 11) is -3.85. The average Bonchev–Trinajstić information content (AvgIpc) is 2.74. The van der Waals surface area contributed by atoms with Crippen molar-refractivity contribution in [3.63, 3.8) is 0 Å². The van der Waals surface area contributed by atoms with Crippen LogP contribution >= 0.6 is 31.9 Å². The molecule has 156 valence electrons. The fourth-order valence-corrected chi connectivity index (χ4v) is 4.90. The van der Waals surface area contributed by atoms with E-state index in [1.807, 2.05) is 36.4 Å². The lowest BCUT2D eigenvalue weighted by Gasteiger charge is -2.22. The van der Waals surface area contributed by atoms with Gasteiger partial charge in [0, 0.05) is 15.5 Å². The molecule has 0 saturated carbocycles. The fraction of sp³-hybridized carbons (Fsp3) is 0.136. The van der Waals surface area contributed by atoms with Crippen LogP contribution in [0.2, 0.25) is 0 Å². The molecule has 5 nitrogen and oxygen atoms in total. The molecule has 8 heteroatoms. The Kier molecular flexibility index (Phi) is 7.82. The van der Waals surface area contributed by atoms with Crippen LogP contribution in [-0.4, -0.2) is 31.7 Å². The quantitative estimate of drug-likeness (QED) is 0.424. The van der Waals surface area contributed by atoms with Crippen LogP contribution in [0.25, 0.3) is 0 Å². The summed E-state index contributed by atoms with van der Waals surface area (Å²) in [6.45, 7) is -0.0989. The van der Waals surface area contributed by atoms with Crippen molar-refractivity contribution >= 4 is 53.5 Å². The molecule has 0 unspecified atom stereocenters. The highest BCUT2D eigenvalue weighted by Crippen LogP contribution is 2.22. The standard InChI is InChI=1S/C22H20Br2N2O3S/c23-18-10-12-19(13-11-18)30(28,29)26(15-14-17-6-2-1-3-7-17)16-22(27)25-21-9-5-4-8-20(21)24/h1-13H,14-16H2,(H,25,27). The summed E-state index contributed by atoms with van der Waals surface area (Å²) in [6.07, 6.45) is 0.499. The zero-order valence-electron chi connectivity index (χ0n) is 16.0.